The predicted molar refractivity (Wildman–Crippen MR) is 203 cm³/mol. The lowest BCUT2D eigenvalue weighted by Crippen LogP contribution is -2.14. The molecule has 0 aliphatic heterocycles. The normalized spacial score (nSPS) is 24.1. The molecule has 226 valence electrons. The summed E-state index contributed by atoms with van der Waals surface area (Å²) in [5.41, 5.74) is -10.7. The molecule has 0 N–H and O–H groups in total. The molecule has 1 heteroatoms. The van der Waals surface area contributed by atoms with E-state index in [1.165, 1.54) is 0 Å². The molecule has 0 bridgehead atoms. The second-order valence-electron chi connectivity index (χ2n) is 11.1. The van der Waals surface area contributed by atoms with Crippen LogP contribution in [0.2, 0.25) is 0 Å². The van der Waals surface area contributed by atoms with Crippen molar-refractivity contribution in [2.45, 2.75) is 19.2 Å². The van der Waals surface area contributed by atoms with Crippen molar-refractivity contribution in [3.63, 3.8) is 0 Å². The van der Waals surface area contributed by atoms with Crippen molar-refractivity contribution in [1.82, 2.24) is 0 Å². The monoisotopic (exact) mass is 641 g/mol. The lowest BCUT2D eigenvalue weighted by molar-refractivity contribution is 0.660. The van der Waals surface area contributed by atoms with E-state index in [2.05, 4.69) is 0 Å². The van der Waals surface area contributed by atoms with E-state index >= 15 is 0 Å². The molecule has 9 aromatic rings. The first kappa shape index (κ1) is 11.1. The molecule has 0 saturated carbocycles. The van der Waals surface area contributed by atoms with Gasteiger partial charge in [-0.1, -0.05) is 153 Å². The molecule has 48 heavy (non-hydrogen) atoms. The van der Waals surface area contributed by atoms with Gasteiger partial charge in [0.05, 0.1) is 35.6 Å². The molecule has 1 atom stereocenters. The van der Waals surface area contributed by atoms with Crippen LogP contribution >= 0.6 is 0 Å². The zero-order valence-corrected chi connectivity index (χ0v) is 24.4. The molecule has 0 radical (unpaired) electrons. The molecular weight excluding hydrogens is 581 g/mol. The molecular formula is C47H32O. The topological polar surface area (TPSA) is 13.1 Å². The molecule has 1 unspecified atom stereocenters. The van der Waals surface area contributed by atoms with Gasteiger partial charge < -0.3 is 4.42 Å². The summed E-state index contributed by atoms with van der Waals surface area (Å²) in [5.74, 6) is 0. The first-order valence-electron chi connectivity index (χ1n) is 28.9. The van der Waals surface area contributed by atoms with Crippen LogP contribution in [0.1, 0.15) is 64.7 Å². The Balaban J connectivity index is 1.43. The van der Waals surface area contributed by atoms with Gasteiger partial charge >= 0.3 is 0 Å². The third-order valence-electron chi connectivity index (χ3n) is 8.45. The van der Waals surface area contributed by atoms with Crippen LogP contribution < -0.4 is 0 Å². The van der Waals surface area contributed by atoms with Gasteiger partial charge in [-0.05, 0) is 95.3 Å². The molecule has 1 heterocycles. The van der Waals surface area contributed by atoms with Crippen molar-refractivity contribution < 1.29 is 44.2 Å². The van der Waals surface area contributed by atoms with Crippen LogP contribution in [0.4, 0.5) is 0 Å². The van der Waals surface area contributed by atoms with Crippen molar-refractivity contribution in [3.05, 3.63) is 168 Å². The Labute approximate surface area is 320 Å². The maximum absolute atomic E-state index is 9.66. The van der Waals surface area contributed by atoms with Crippen molar-refractivity contribution in [2.75, 3.05) is 0 Å². The highest BCUT2D eigenvalue weighted by Crippen LogP contribution is 2.50. The maximum Gasteiger partial charge on any atom is 0.136 e. The van der Waals surface area contributed by atoms with Gasteiger partial charge in [0.15, 0.2) is 0 Å². The first-order chi connectivity index (χ1) is 35.7. The number of furan rings is 1. The van der Waals surface area contributed by atoms with Crippen molar-refractivity contribution in [1.29, 1.82) is 0 Å². The minimum atomic E-state index is -3.26. The molecule has 1 aliphatic rings. The standard InChI is InChI=1S/C47H32O/c1-47(2)40-19-9-7-12-32(40)33-27-26-31(28-41(33)47)29-22-24-30(25-23-29)44-34-13-3-5-15-36(34)45(37-16-6-4-14-35(37)44)39-18-11-21-43-46(39)38-17-8-10-20-42(38)48-43/h3-28H,1-2H3/i1D3,3D,4D,5D,6D,7D,8D,9D,10D,11D,12D,13D,14D,15D,16D,17D,18D,19D,20D,21D,22D,23D,24D,25D,26D,27D,28D. The van der Waals surface area contributed by atoms with Crippen LogP contribution in [0.25, 0.3) is 88.0 Å². The summed E-state index contributed by atoms with van der Waals surface area (Å²) >= 11 is 0. The molecule has 0 fully saturated rings. The first-order valence-corrected chi connectivity index (χ1v) is 14.4. The SMILES string of the molecule is [2H]c1c([2H])c([2H])c2c(c1[2H])-c1c([2H])c([2H])c(-c3c([2H])c([2H])c(-c4c5c([2H])c([2H])c([2H])c([2H])c5c(-c5c([2H])c([2H])c([2H])c6oc7c([2H])c([2H])c([2H])c([2H])c7c56)c5c([2H])c([2H])c([2H])c([2H])c45)c([2H])c3[2H])c([2H])c1C2(C)C([2H])([2H])[2H]. The number of hydrogen-bond donors (Lipinski definition) is 0. The third-order valence-corrected chi connectivity index (χ3v) is 8.45. The molecule has 0 spiro atoms. The van der Waals surface area contributed by atoms with Crippen LogP contribution in [-0.2, 0) is 5.41 Å². The molecule has 1 aromatic heterocycles. The highest BCUT2D eigenvalue weighted by Gasteiger charge is 2.35. The molecule has 1 aliphatic carbocycles. The van der Waals surface area contributed by atoms with Gasteiger partial charge in [0.2, 0.25) is 0 Å². The minimum absolute atomic E-state index is 0.479. The van der Waals surface area contributed by atoms with Crippen LogP contribution in [-0.4, -0.2) is 0 Å². The molecule has 0 saturated heterocycles. The Bertz CT molecular complexity index is 4230. The smallest absolute Gasteiger partial charge is 0.136 e. The fraction of sp³-hybridized carbons (Fsp3) is 0.0638. The molecule has 10 rings (SSSR count). The van der Waals surface area contributed by atoms with E-state index in [1.54, 1.807) is 0 Å². The second-order valence-corrected chi connectivity index (χ2v) is 11.1. The largest absolute Gasteiger partial charge is 0.456 e. The van der Waals surface area contributed by atoms with Crippen molar-refractivity contribution in [2.24, 2.45) is 0 Å². The molecule has 0 amide bonds. The summed E-state index contributed by atoms with van der Waals surface area (Å²) in [5, 5.41) is -3.98. The third kappa shape index (κ3) is 3.79. The van der Waals surface area contributed by atoms with E-state index in [9.17, 15) is 16.4 Å². The highest BCUT2D eigenvalue weighted by atomic mass is 16.3. The van der Waals surface area contributed by atoms with Gasteiger partial charge in [-0.25, -0.2) is 0 Å². The fourth-order valence-corrected chi connectivity index (χ4v) is 6.33. The Hall–Kier alpha value is -5.92. The van der Waals surface area contributed by atoms with E-state index in [1.807, 2.05) is 0 Å². The summed E-state index contributed by atoms with van der Waals surface area (Å²) < 4.78 is 268. The predicted octanol–water partition coefficient (Wildman–Crippen LogP) is 13.2. The van der Waals surface area contributed by atoms with Crippen LogP contribution in [0.15, 0.2) is 162 Å². The van der Waals surface area contributed by atoms with Crippen molar-refractivity contribution >= 4 is 43.5 Å². The number of hydrogen-bond acceptors (Lipinski definition) is 1. The van der Waals surface area contributed by atoms with Crippen LogP contribution in [0.3, 0.4) is 0 Å². The van der Waals surface area contributed by atoms with Gasteiger partial charge in [0.25, 0.3) is 0 Å². The Morgan fingerprint density at radius 1 is 0.458 bits per heavy atom. The zero-order chi connectivity index (χ0) is 57.1. The summed E-state index contributed by atoms with van der Waals surface area (Å²) in [7, 11) is 0. The molecule has 8 aromatic carbocycles. The Morgan fingerprint density at radius 3 is 1.73 bits per heavy atom. The van der Waals surface area contributed by atoms with Gasteiger partial charge in [-0.15, -0.1) is 0 Å². The summed E-state index contributed by atoms with van der Waals surface area (Å²) in [4.78, 5) is 0. The van der Waals surface area contributed by atoms with E-state index in [0.717, 1.165) is 6.92 Å². The summed E-state index contributed by atoms with van der Waals surface area (Å²) in [6.45, 7) is -2.21. The minimum Gasteiger partial charge on any atom is -0.456 e. The number of rotatable bonds is 3. The second kappa shape index (κ2) is 10.0. The van der Waals surface area contributed by atoms with Crippen LogP contribution in [0.5, 0.6) is 0 Å². The van der Waals surface area contributed by atoms with E-state index in [-0.39, 0.29) is 0 Å². The van der Waals surface area contributed by atoms with Crippen LogP contribution in [0, 0.1) is 0 Å². The summed E-state index contributed by atoms with van der Waals surface area (Å²) in [6, 6.07) is -24.6. The number of para-hydroxylation sites is 1. The van der Waals surface area contributed by atoms with Crippen molar-refractivity contribution in [3.8, 4) is 44.5 Å². The van der Waals surface area contributed by atoms with Gasteiger partial charge in [0, 0.05) is 20.3 Å². The van der Waals surface area contributed by atoms with Gasteiger partial charge in [-0.2, -0.15) is 0 Å². The Kier molecular flexibility index (Phi) is 2.32. The fourth-order valence-electron chi connectivity index (χ4n) is 6.33. The number of fused-ring (bicyclic) bond motifs is 8. The molecule has 1 nitrogen and oxygen atoms in total. The lowest BCUT2D eigenvalue weighted by atomic mass is 9.81. The number of benzene rings is 8. The summed E-state index contributed by atoms with van der Waals surface area (Å²) in [6.07, 6.45) is 0. The van der Waals surface area contributed by atoms with E-state index in [4.69, 9.17) is 27.7 Å². The highest BCUT2D eigenvalue weighted by molar-refractivity contribution is 6.25. The van der Waals surface area contributed by atoms with E-state index < -0.39 is 268 Å². The quantitative estimate of drug-likeness (QED) is 0.175. The average Bonchev–Trinajstić information content (AvgIpc) is 4.04. The Morgan fingerprint density at radius 2 is 1.00 bits per heavy atom. The average molecular weight is 642 g/mol. The lowest BCUT2D eigenvalue weighted by Gasteiger charge is -2.22. The van der Waals surface area contributed by atoms with E-state index in [0.29, 0.717) is 0 Å². The van der Waals surface area contributed by atoms with Gasteiger partial charge in [-0.3, -0.25) is 0 Å². The maximum atomic E-state index is 9.66. The zero-order valence-electron chi connectivity index (χ0n) is 53.4. The van der Waals surface area contributed by atoms with Gasteiger partial charge in [0.1, 0.15) is 11.2 Å².